The van der Waals surface area contributed by atoms with Crippen LogP contribution in [0.25, 0.3) is 6.08 Å². The van der Waals surface area contributed by atoms with Gasteiger partial charge in [-0.2, -0.15) is 0 Å². The van der Waals surface area contributed by atoms with E-state index in [2.05, 4.69) is 0 Å². The Morgan fingerprint density at radius 1 is 1.28 bits per heavy atom. The van der Waals surface area contributed by atoms with E-state index in [1.54, 1.807) is 42.5 Å². The maximum Gasteiger partial charge on any atom is 0.270 e. The van der Waals surface area contributed by atoms with Crippen LogP contribution in [0.3, 0.4) is 0 Å². The Bertz CT molecular complexity index is 915. The van der Waals surface area contributed by atoms with Crippen LogP contribution in [-0.2, 0) is 4.79 Å². The first-order valence-electron chi connectivity index (χ1n) is 7.00. The van der Waals surface area contributed by atoms with Gasteiger partial charge in [-0.25, -0.2) is 0 Å². The normalized spacial score (nSPS) is 16.0. The number of thioether (sulfide) groups is 1. The van der Waals surface area contributed by atoms with Gasteiger partial charge in [0.05, 0.1) is 22.7 Å². The first kappa shape index (κ1) is 18.1. The van der Waals surface area contributed by atoms with Crippen molar-refractivity contribution in [3.63, 3.8) is 0 Å². The van der Waals surface area contributed by atoms with Gasteiger partial charge in [0.25, 0.3) is 5.91 Å². The van der Waals surface area contributed by atoms with Crippen LogP contribution < -0.4 is 9.64 Å². The van der Waals surface area contributed by atoms with Gasteiger partial charge in [0.1, 0.15) is 0 Å². The second-order valence-corrected chi connectivity index (χ2v) is 7.57. The van der Waals surface area contributed by atoms with Gasteiger partial charge in [0.2, 0.25) is 0 Å². The number of phenols is 1. The van der Waals surface area contributed by atoms with Crippen molar-refractivity contribution in [3.8, 4) is 11.5 Å². The summed E-state index contributed by atoms with van der Waals surface area (Å²) in [5.41, 5.74) is 1.23. The van der Waals surface area contributed by atoms with E-state index in [4.69, 9.17) is 40.2 Å². The van der Waals surface area contributed by atoms with Crippen molar-refractivity contribution < 1.29 is 14.6 Å². The number of aromatic hydroxyl groups is 1. The molecular weight excluding hydrogens is 401 g/mol. The van der Waals surface area contributed by atoms with Crippen LogP contribution in [-0.4, -0.2) is 22.4 Å². The lowest BCUT2D eigenvalue weighted by atomic mass is 10.1. The topological polar surface area (TPSA) is 49.8 Å². The molecule has 0 spiro atoms. The molecule has 2 aromatic carbocycles. The Hall–Kier alpha value is -1.73. The van der Waals surface area contributed by atoms with Crippen LogP contribution in [0.2, 0.25) is 10.0 Å². The van der Waals surface area contributed by atoms with Gasteiger partial charge < -0.3 is 9.84 Å². The van der Waals surface area contributed by atoms with Crippen molar-refractivity contribution in [3.05, 3.63) is 56.9 Å². The highest BCUT2D eigenvalue weighted by molar-refractivity contribution is 8.27. The molecular formula is C17H11Cl2NO3S2. The zero-order valence-electron chi connectivity index (χ0n) is 12.8. The summed E-state index contributed by atoms with van der Waals surface area (Å²) >= 11 is 18.5. The highest BCUT2D eigenvalue weighted by Crippen LogP contribution is 2.39. The number of hydrogen-bond acceptors (Lipinski definition) is 5. The van der Waals surface area contributed by atoms with Crippen LogP contribution in [0.4, 0.5) is 5.69 Å². The van der Waals surface area contributed by atoms with Crippen LogP contribution >= 0.6 is 47.2 Å². The highest BCUT2D eigenvalue weighted by atomic mass is 35.5. The molecule has 0 radical (unpaired) electrons. The van der Waals surface area contributed by atoms with E-state index in [9.17, 15) is 9.90 Å². The summed E-state index contributed by atoms with van der Waals surface area (Å²) in [5, 5.41) is 10.5. The number of benzene rings is 2. The van der Waals surface area contributed by atoms with Gasteiger partial charge in [-0.15, -0.1) is 0 Å². The Balaban J connectivity index is 1.97. The van der Waals surface area contributed by atoms with Gasteiger partial charge in [-0.1, -0.05) is 53.2 Å². The Morgan fingerprint density at radius 2 is 2.04 bits per heavy atom. The lowest BCUT2D eigenvalue weighted by Crippen LogP contribution is -2.27. The minimum absolute atomic E-state index is 0.135. The molecule has 0 atom stereocenters. The van der Waals surface area contributed by atoms with E-state index in [-0.39, 0.29) is 22.4 Å². The summed E-state index contributed by atoms with van der Waals surface area (Å²) in [6.07, 6.45) is 1.65. The second kappa shape index (κ2) is 7.25. The summed E-state index contributed by atoms with van der Waals surface area (Å²) in [7, 11) is 1.42. The summed E-state index contributed by atoms with van der Waals surface area (Å²) in [6, 6.07) is 10.1. The molecule has 1 heterocycles. The molecule has 1 saturated heterocycles. The van der Waals surface area contributed by atoms with E-state index >= 15 is 0 Å². The predicted molar refractivity (Wildman–Crippen MR) is 107 cm³/mol. The van der Waals surface area contributed by atoms with E-state index in [1.807, 2.05) is 0 Å². The lowest BCUT2D eigenvalue weighted by molar-refractivity contribution is -0.113. The maximum atomic E-state index is 12.7. The van der Waals surface area contributed by atoms with Crippen molar-refractivity contribution in [1.29, 1.82) is 0 Å². The Kier molecular flexibility index (Phi) is 5.24. The third-order valence-corrected chi connectivity index (χ3v) is 5.25. The number of amides is 1. The number of thiocarbonyl (C=S) groups is 1. The van der Waals surface area contributed by atoms with Crippen molar-refractivity contribution in [2.24, 2.45) is 0 Å². The zero-order chi connectivity index (χ0) is 18.1. The second-order valence-electron chi connectivity index (χ2n) is 5.05. The first-order valence-corrected chi connectivity index (χ1v) is 8.99. The molecule has 0 saturated carbocycles. The zero-order valence-corrected chi connectivity index (χ0v) is 16.0. The number of methoxy groups -OCH3 is 1. The number of carbonyl (C=O) groups excluding carboxylic acids is 1. The first-order chi connectivity index (χ1) is 11.9. The summed E-state index contributed by atoms with van der Waals surface area (Å²) in [6.45, 7) is 0. The van der Waals surface area contributed by atoms with E-state index < -0.39 is 0 Å². The summed E-state index contributed by atoms with van der Waals surface area (Å²) < 4.78 is 5.49. The average Bonchev–Trinajstić information content (AvgIpc) is 2.84. The quantitative estimate of drug-likeness (QED) is 0.561. The molecule has 1 amide bonds. The minimum Gasteiger partial charge on any atom is -0.503 e. The highest BCUT2D eigenvalue weighted by Gasteiger charge is 2.33. The van der Waals surface area contributed by atoms with Crippen LogP contribution in [0, 0.1) is 0 Å². The van der Waals surface area contributed by atoms with E-state index in [0.29, 0.717) is 25.5 Å². The van der Waals surface area contributed by atoms with Gasteiger partial charge >= 0.3 is 0 Å². The van der Waals surface area contributed by atoms with Crippen molar-refractivity contribution in [2.45, 2.75) is 0 Å². The molecule has 1 fully saturated rings. The number of halogens is 2. The maximum absolute atomic E-state index is 12.7. The largest absolute Gasteiger partial charge is 0.503 e. The SMILES string of the molecule is COc1cc(C=C2SC(=S)N(c3cccc(Cl)c3)C2=O)cc(Cl)c1O. The Morgan fingerprint density at radius 3 is 2.72 bits per heavy atom. The summed E-state index contributed by atoms with van der Waals surface area (Å²) in [4.78, 5) is 14.6. The molecule has 4 nitrogen and oxygen atoms in total. The van der Waals surface area contributed by atoms with Crippen molar-refractivity contribution in [1.82, 2.24) is 0 Å². The Labute approximate surface area is 164 Å². The van der Waals surface area contributed by atoms with Gasteiger partial charge in [0.15, 0.2) is 15.8 Å². The molecule has 0 unspecified atom stereocenters. The smallest absolute Gasteiger partial charge is 0.270 e. The lowest BCUT2D eigenvalue weighted by Gasteiger charge is -2.14. The minimum atomic E-state index is -0.250. The molecule has 3 rings (SSSR count). The molecule has 0 aromatic heterocycles. The third kappa shape index (κ3) is 3.62. The predicted octanol–water partition coefficient (Wildman–Crippen LogP) is 5.11. The van der Waals surface area contributed by atoms with Gasteiger partial charge in [-0.05, 0) is 42.0 Å². The van der Waals surface area contributed by atoms with E-state index in [1.165, 1.54) is 23.8 Å². The fourth-order valence-corrected chi connectivity index (χ4v) is 3.99. The van der Waals surface area contributed by atoms with Crippen LogP contribution in [0.15, 0.2) is 41.3 Å². The molecule has 1 N–H and O–H groups in total. The number of anilines is 1. The number of phenolic OH excluding ortho intramolecular Hbond substituents is 1. The molecule has 2 aromatic rings. The van der Waals surface area contributed by atoms with Gasteiger partial charge in [-0.3, -0.25) is 9.69 Å². The van der Waals surface area contributed by atoms with Crippen molar-refractivity contribution in [2.75, 3.05) is 12.0 Å². The molecule has 8 heteroatoms. The fraction of sp³-hybridized carbons (Fsp3) is 0.0588. The number of rotatable bonds is 3. The van der Waals surface area contributed by atoms with Crippen molar-refractivity contribution >= 4 is 69.2 Å². The molecule has 1 aliphatic rings. The standard InChI is InChI=1S/C17H11Cl2NO3S2/c1-23-13-6-9(5-12(19)15(13)21)7-14-16(22)20(17(24)25-14)11-4-2-3-10(18)8-11/h2-8,21H,1H3. The number of nitrogens with zero attached hydrogens (tertiary/aromatic N) is 1. The molecule has 128 valence electrons. The summed E-state index contributed by atoms with van der Waals surface area (Å²) in [5.74, 6) is -0.169. The van der Waals surface area contributed by atoms with E-state index in [0.717, 1.165) is 0 Å². The monoisotopic (exact) mass is 411 g/mol. The number of carbonyl (C=O) groups is 1. The molecule has 25 heavy (non-hydrogen) atoms. The molecule has 0 bridgehead atoms. The third-order valence-electron chi connectivity index (χ3n) is 3.43. The van der Waals surface area contributed by atoms with Crippen LogP contribution in [0.1, 0.15) is 5.56 Å². The number of ether oxygens (including phenoxy) is 1. The number of hydrogen-bond donors (Lipinski definition) is 1. The fourth-order valence-electron chi connectivity index (χ4n) is 2.29. The van der Waals surface area contributed by atoms with Gasteiger partial charge in [0, 0.05) is 5.02 Å². The molecule has 0 aliphatic carbocycles. The molecule has 1 aliphatic heterocycles. The average molecular weight is 412 g/mol. The van der Waals surface area contributed by atoms with Crippen LogP contribution in [0.5, 0.6) is 11.5 Å².